The monoisotopic (exact) mass is 227 g/mol. The highest BCUT2D eigenvalue weighted by Crippen LogP contribution is 2.10. The van der Waals surface area contributed by atoms with Gasteiger partial charge in [0, 0.05) is 12.6 Å². The van der Waals surface area contributed by atoms with Crippen molar-refractivity contribution in [3.63, 3.8) is 0 Å². The molecule has 1 aliphatic rings. The summed E-state index contributed by atoms with van der Waals surface area (Å²) in [6.07, 6.45) is 3.16. The van der Waals surface area contributed by atoms with E-state index < -0.39 is 0 Å². The number of hydrogen-bond donors (Lipinski definition) is 2. The maximum atomic E-state index is 11.9. The van der Waals surface area contributed by atoms with E-state index in [4.69, 9.17) is 0 Å². The summed E-state index contributed by atoms with van der Waals surface area (Å²) in [7, 11) is 4.11. The molecule has 16 heavy (non-hydrogen) atoms. The highest BCUT2D eigenvalue weighted by Gasteiger charge is 2.21. The van der Waals surface area contributed by atoms with Gasteiger partial charge in [-0.15, -0.1) is 0 Å². The summed E-state index contributed by atoms with van der Waals surface area (Å²) < 4.78 is 0. The van der Waals surface area contributed by atoms with Gasteiger partial charge in [-0.05, 0) is 53.4 Å². The Morgan fingerprint density at radius 2 is 2.31 bits per heavy atom. The molecule has 0 spiro atoms. The van der Waals surface area contributed by atoms with E-state index in [1.807, 2.05) is 0 Å². The van der Waals surface area contributed by atoms with Gasteiger partial charge in [0.15, 0.2) is 0 Å². The largest absolute Gasteiger partial charge is 0.353 e. The van der Waals surface area contributed by atoms with E-state index in [0.29, 0.717) is 0 Å². The van der Waals surface area contributed by atoms with Gasteiger partial charge in [0.1, 0.15) is 0 Å². The summed E-state index contributed by atoms with van der Waals surface area (Å²) in [5.74, 6) is 0.397. The number of carbonyl (C=O) groups is 1. The number of nitrogens with one attached hydrogen (secondary N) is 2. The molecule has 0 aromatic rings. The van der Waals surface area contributed by atoms with Crippen molar-refractivity contribution in [2.24, 2.45) is 5.92 Å². The Hall–Kier alpha value is -0.610. The van der Waals surface area contributed by atoms with Gasteiger partial charge >= 0.3 is 0 Å². The summed E-state index contributed by atoms with van der Waals surface area (Å²) in [6, 6.07) is 0.275. The van der Waals surface area contributed by atoms with Crippen LogP contribution in [0.4, 0.5) is 0 Å². The van der Waals surface area contributed by atoms with Gasteiger partial charge in [-0.3, -0.25) is 4.79 Å². The van der Waals surface area contributed by atoms with Crippen molar-refractivity contribution in [2.75, 3.05) is 33.7 Å². The maximum absolute atomic E-state index is 11.9. The van der Waals surface area contributed by atoms with Crippen LogP contribution >= 0.6 is 0 Å². The van der Waals surface area contributed by atoms with Crippen LogP contribution in [0, 0.1) is 5.92 Å². The van der Waals surface area contributed by atoms with Crippen LogP contribution in [0.3, 0.4) is 0 Å². The van der Waals surface area contributed by atoms with Gasteiger partial charge in [-0.1, -0.05) is 0 Å². The number of amides is 1. The molecule has 1 fully saturated rings. The number of carbonyl (C=O) groups excluding carboxylic acids is 1. The Morgan fingerprint density at radius 3 is 2.88 bits per heavy atom. The van der Waals surface area contributed by atoms with Gasteiger partial charge < -0.3 is 15.5 Å². The van der Waals surface area contributed by atoms with Crippen molar-refractivity contribution >= 4 is 5.91 Å². The topological polar surface area (TPSA) is 44.4 Å². The third-order valence-electron chi connectivity index (χ3n) is 3.07. The van der Waals surface area contributed by atoms with Gasteiger partial charge in [0.2, 0.25) is 5.91 Å². The quantitative estimate of drug-likeness (QED) is 0.716. The first kappa shape index (κ1) is 13.5. The van der Waals surface area contributed by atoms with Crippen LogP contribution in [-0.2, 0) is 4.79 Å². The first-order chi connectivity index (χ1) is 7.59. The van der Waals surface area contributed by atoms with Crippen LogP contribution in [0.1, 0.15) is 26.2 Å². The maximum Gasteiger partial charge on any atom is 0.224 e. The molecule has 1 rings (SSSR count). The average molecular weight is 227 g/mol. The molecule has 0 aromatic carbocycles. The average Bonchev–Trinajstić information content (AvgIpc) is 2.27. The molecule has 0 aliphatic carbocycles. The summed E-state index contributed by atoms with van der Waals surface area (Å²) in [5, 5.41) is 6.37. The lowest BCUT2D eigenvalue weighted by molar-refractivity contribution is -0.126. The summed E-state index contributed by atoms with van der Waals surface area (Å²) in [5.41, 5.74) is 0. The predicted octanol–water partition coefficient (Wildman–Crippen LogP) is 0.442. The Balaban J connectivity index is 2.21. The SMILES string of the molecule is CC(CCN(C)C)NC(=O)C1CCCNC1. The molecule has 1 aliphatic heterocycles. The molecule has 0 radical (unpaired) electrons. The predicted molar refractivity (Wildman–Crippen MR) is 66.4 cm³/mol. The molecule has 0 aromatic heterocycles. The summed E-state index contributed by atoms with van der Waals surface area (Å²) in [6.45, 7) is 4.99. The second-order valence-corrected chi connectivity index (χ2v) is 5.04. The van der Waals surface area contributed by atoms with Crippen LogP contribution < -0.4 is 10.6 Å². The standard InChI is InChI=1S/C12H25N3O/c1-10(6-8-15(2)3)14-12(16)11-5-4-7-13-9-11/h10-11,13H,4-9H2,1-3H3,(H,14,16). The minimum Gasteiger partial charge on any atom is -0.353 e. The molecule has 2 atom stereocenters. The van der Waals surface area contributed by atoms with Gasteiger partial charge in [-0.25, -0.2) is 0 Å². The molecule has 94 valence electrons. The van der Waals surface area contributed by atoms with E-state index in [0.717, 1.165) is 38.9 Å². The lowest BCUT2D eigenvalue weighted by Gasteiger charge is -2.24. The van der Waals surface area contributed by atoms with Gasteiger partial charge in [0.05, 0.1) is 5.92 Å². The first-order valence-corrected chi connectivity index (χ1v) is 6.25. The molecule has 1 heterocycles. The minimum absolute atomic E-state index is 0.176. The normalized spacial score (nSPS) is 23.1. The fraction of sp³-hybridized carbons (Fsp3) is 0.917. The molecule has 2 unspecified atom stereocenters. The van der Waals surface area contributed by atoms with Gasteiger partial charge in [-0.2, -0.15) is 0 Å². The Labute approximate surface area is 98.8 Å². The van der Waals surface area contributed by atoms with Crippen LogP contribution in [0.2, 0.25) is 0 Å². The number of piperidine rings is 1. The van der Waals surface area contributed by atoms with E-state index in [1.54, 1.807) is 0 Å². The van der Waals surface area contributed by atoms with Crippen molar-refractivity contribution < 1.29 is 4.79 Å². The number of rotatable bonds is 5. The van der Waals surface area contributed by atoms with Crippen molar-refractivity contribution in [2.45, 2.75) is 32.2 Å². The van der Waals surface area contributed by atoms with Crippen LogP contribution in [0.5, 0.6) is 0 Å². The second kappa shape index (κ2) is 6.86. The fourth-order valence-electron chi connectivity index (χ4n) is 1.96. The van der Waals surface area contributed by atoms with Crippen molar-refractivity contribution in [1.82, 2.24) is 15.5 Å². The molecule has 2 N–H and O–H groups in total. The first-order valence-electron chi connectivity index (χ1n) is 6.25. The van der Waals surface area contributed by atoms with Crippen molar-refractivity contribution in [1.29, 1.82) is 0 Å². The molecule has 0 saturated carbocycles. The van der Waals surface area contributed by atoms with E-state index in [9.17, 15) is 4.79 Å². The number of nitrogens with zero attached hydrogens (tertiary/aromatic N) is 1. The second-order valence-electron chi connectivity index (χ2n) is 5.04. The molecular formula is C12H25N3O. The Bertz CT molecular complexity index is 212. The Kier molecular flexibility index (Phi) is 5.77. The lowest BCUT2D eigenvalue weighted by Crippen LogP contribution is -2.44. The van der Waals surface area contributed by atoms with Crippen LogP contribution in [0.25, 0.3) is 0 Å². The smallest absolute Gasteiger partial charge is 0.224 e. The highest BCUT2D eigenvalue weighted by molar-refractivity contribution is 5.79. The van der Waals surface area contributed by atoms with E-state index in [1.165, 1.54) is 0 Å². The minimum atomic E-state index is 0.176. The molecule has 4 nitrogen and oxygen atoms in total. The summed E-state index contributed by atoms with van der Waals surface area (Å²) in [4.78, 5) is 14.0. The summed E-state index contributed by atoms with van der Waals surface area (Å²) >= 11 is 0. The number of hydrogen-bond acceptors (Lipinski definition) is 3. The molecule has 1 saturated heterocycles. The molecule has 1 amide bonds. The zero-order chi connectivity index (χ0) is 12.0. The van der Waals surface area contributed by atoms with Crippen LogP contribution in [0.15, 0.2) is 0 Å². The molecule has 4 heteroatoms. The molecule has 0 bridgehead atoms. The molecular weight excluding hydrogens is 202 g/mol. The van der Waals surface area contributed by atoms with Crippen molar-refractivity contribution in [3.05, 3.63) is 0 Å². The Morgan fingerprint density at radius 1 is 1.56 bits per heavy atom. The van der Waals surface area contributed by atoms with E-state index in [2.05, 4.69) is 36.6 Å². The zero-order valence-corrected chi connectivity index (χ0v) is 10.8. The van der Waals surface area contributed by atoms with Crippen LogP contribution in [-0.4, -0.2) is 50.6 Å². The van der Waals surface area contributed by atoms with Crippen molar-refractivity contribution in [3.8, 4) is 0 Å². The van der Waals surface area contributed by atoms with Gasteiger partial charge in [0.25, 0.3) is 0 Å². The highest BCUT2D eigenvalue weighted by atomic mass is 16.1. The fourth-order valence-corrected chi connectivity index (χ4v) is 1.96. The lowest BCUT2D eigenvalue weighted by atomic mass is 9.98. The third kappa shape index (κ3) is 4.94. The van der Waals surface area contributed by atoms with E-state index in [-0.39, 0.29) is 17.9 Å². The zero-order valence-electron chi connectivity index (χ0n) is 10.8. The van der Waals surface area contributed by atoms with E-state index >= 15 is 0 Å². The third-order valence-corrected chi connectivity index (χ3v) is 3.07.